The number of carbonyl (C=O) groups is 3. The van der Waals surface area contributed by atoms with Crippen molar-refractivity contribution in [2.75, 3.05) is 29.5 Å². The van der Waals surface area contributed by atoms with E-state index in [4.69, 9.17) is 4.74 Å². The van der Waals surface area contributed by atoms with Gasteiger partial charge in [-0.05, 0) is 61.8 Å². The van der Waals surface area contributed by atoms with Gasteiger partial charge in [-0.15, -0.1) is 0 Å². The van der Waals surface area contributed by atoms with Crippen LogP contribution >= 0.6 is 0 Å². The molecule has 0 aromatic heterocycles. The van der Waals surface area contributed by atoms with E-state index < -0.39 is 31.5 Å². The first-order valence-corrected chi connectivity index (χ1v) is 20.3. The summed E-state index contributed by atoms with van der Waals surface area (Å²) in [6, 6.07) is 24.8. The van der Waals surface area contributed by atoms with Crippen molar-refractivity contribution in [3.05, 3.63) is 90.0 Å². The number of nitrogens with zero attached hydrogens (tertiary/aromatic N) is 3. The number of fused-ring (bicyclic) bond motifs is 2. The lowest BCUT2D eigenvalue weighted by molar-refractivity contribution is -0.149. The highest BCUT2D eigenvalue weighted by atomic mass is 28.4. The van der Waals surface area contributed by atoms with E-state index in [1.165, 1.54) is 0 Å². The van der Waals surface area contributed by atoms with Crippen LogP contribution in [-0.2, 0) is 31.3 Å². The Morgan fingerprint density at radius 2 is 1.65 bits per heavy atom. The number of rotatable bonds is 9. The van der Waals surface area contributed by atoms with E-state index in [9.17, 15) is 24.3 Å². The van der Waals surface area contributed by atoms with Gasteiger partial charge in [-0.25, -0.2) is 0 Å². The predicted molar refractivity (Wildman–Crippen MR) is 188 cm³/mol. The van der Waals surface area contributed by atoms with Gasteiger partial charge in [0.25, 0.3) is 5.91 Å². The number of aliphatic hydroxyl groups excluding tert-OH is 1. The second kappa shape index (κ2) is 14.0. The van der Waals surface area contributed by atoms with Gasteiger partial charge in [0.2, 0.25) is 11.8 Å². The number of anilines is 3. The number of amides is 3. The largest absolute Gasteiger partial charge is 0.432 e. The number of aliphatic hydroxyl groups is 1. The normalized spacial score (nSPS) is 24.5. The van der Waals surface area contributed by atoms with E-state index in [0.717, 1.165) is 36.9 Å². The van der Waals surface area contributed by atoms with Gasteiger partial charge >= 0.3 is 0 Å². The lowest BCUT2D eigenvalue weighted by Gasteiger charge is -2.33. The quantitative estimate of drug-likeness (QED) is 0.276. The predicted octanol–water partition coefficient (Wildman–Crippen LogP) is 5.87. The standard InChI is InChI=1S/C38H47N3O6Si/c1-27-36(48(2,3)46)33(25-35(44)39(22-23-42)26-28-14-8-6-9-15-28)47-38(27)31-24-30(40-21-13-5-4-12-18-34(40)43)19-20-32(31)41(37(38)45)29-16-10-7-11-17-29/h6-11,14-17,19-20,24,27,33,36,42,46H,4-5,12-13,18,21-23,25-26H2,1-3H3/t27-,33+,36-,38+/m0/s1. The molecule has 2 N–H and O–H groups in total. The zero-order valence-electron chi connectivity index (χ0n) is 28.2. The molecule has 0 bridgehead atoms. The van der Waals surface area contributed by atoms with Crippen LogP contribution in [0.25, 0.3) is 0 Å². The molecule has 3 aliphatic heterocycles. The third-order valence-corrected chi connectivity index (χ3v) is 12.8. The minimum absolute atomic E-state index is 0.0428. The van der Waals surface area contributed by atoms with E-state index >= 15 is 0 Å². The van der Waals surface area contributed by atoms with Crippen molar-refractivity contribution in [3.63, 3.8) is 0 Å². The molecule has 10 heteroatoms. The minimum Gasteiger partial charge on any atom is -0.432 e. The third kappa shape index (κ3) is 6.34. The molecule has 3 heterocycles. The smallest absolute Gasteiger partial charge is 0.268 e. The highest BCUT2D eigenvalue weighted by Crippen LogP contribution is 2.61. The number of para-hydroxylation sites is 1. The molecule has 0 unspecified atom stereocenters. The summed E-state index contributed by atoms with van der Waals surface area (Å²) in [4.78, 5) is 59.2. The molecule has 3 amide bonds. The summed E-state index contributed by atoms with van der Waals surface area (Å²) in [7, 11) is -3.04. The van der Waals surface area contributed by atoms with Crippen molar-refractivity contribution < 1.29 is 29.0 Å². The highest BCUT2D eigenvalue weighted by molar-refractivity contribution is 6.71. The van der Waals surface area contributed by atoms with Crippen molar-refractivity contribution in [2.45, 2.75) is 82.3 Å². The number of carbonyl (C=O) groups excluding carboxylic acids is 3. The fourth-order valence-electron chi connectivity index (χ4n) is 8.14. The molecule has 4 atom stereocenters. The van der Waals surface area contributed by atoms with Crippen LogP contribution in [0.15, 0.2) is 78.9 Å². The summed E-state index contributed by atoms with van der Waals surface area (Å²) in [6.07, 6.45) is 3.56. The van der Waals surface area contributed by atoms with Crippen LogP contribution < -0.4 is 9.80 Å². The number of ether oxygens (including phenoxy) is 1. The molecule has 0 radical (unpaired) electrons. The SMILES string of the molecule is C[C@H]1[C@H]([Si](C)(C)O)[C@@H](CC(=O)N(CCO)Cc2ccccc2)O[C@]12C(=O)N(c1ccccc1)c1ccc(N3CCCCCCC3=O)cc12. The van der Waals surface area contributed by atoms with Crippen LogP contribution in [-0.4, -0.2) is 66.6 Å². The molecule has 3 aromatic rings. The number of hydrogen-bond donors (Lipinski definition) is 2. The molecule has 254 valence electrons. The summed E-state index contributed by atoms with van der Waals surface area (Å²) in [6.45, 7) is 6.54. The first kappa shape index (κ1) is 34.0. The Bertz CT molecular complexity index is 1630. The van der Waals surface area contributed by atoms with Crippen molar-refractivity contribution in [1.82, 2.24) is 4.90 Å². The summed E-state index contributed by atoms with van der Waals surface area (Å²) in [5, 5.41) is 9.85. The fourth-order valence-corrected chi connectivity index (χ4v) is 10.7. The van der Waals surface area contributed by atoms with E-state index in [2.05, 4.69) is 0 Å². The topological polar surface area (TPSA) is 111 Å². The van der Waals surface area contributed by atoms with Crippen molar-refractivity contribution in [2.24, 2.45) is 5.92 Å². The monoisotopic (exact) mass is 669 g/mol. The van der Waals surface area contributed by atoms with Gasteiger partial charge in [0.05, 0.1) is 24.8 Å². The Morgan fingerprint density at radius 1 is 0.958 bits per heavy atom. The highest BCUT2D eigenvalue weighted by Gasteiger charge is 2.66. The van der Waals surface area contributed by atoms with E-state index in [-0.39, 0.29) is 37.3 Å². The van der Waals surface area contributed by atoms with E-state index in [0.29, 0.717) is 36.4 Å². The summed E-state index contributed by atoms with van der Waals surface area (Å²) < 4.78 is 6.98. The van der Waals surface area contributed by atoms with E-state index in [1.54, 1.807) is 9.80 Å². The van der Waals surface area contributed by atoms with Crippen LogP contribution in [0, 0.1) is 5.92 Å². The molecule has 6 rings (SSSR count). The van der Waals surface area contributed by atoms with Gasteiger partial charge < -0.3 is 24.4 Å². The Balaban J connectivity index is 1.42. The van der Waals surface area contributed by atoms with E-state index in [1.807, 2.05) is 104 Å². The lowest BCUT2D eigenvalue weighted by Crippen LogP contribution is -2.45. The van der Waals surface area contributed by atoms with Gasteiger partial charge in [0.1, 0.15) is 0 Å². The second-order valence-corrected chi connectivity index (χ2v) is 17.9. The lowest BCUT2D eigenvalue weighted by atomic mass is 9.82. The summed E-state index contributed by atoms with van der Waals surface area (Å²) in [5.74, 6) is -0.875. The van der Waals surface area contributed by atoms with Gasteiger partial charge in [0.15, 0.2) is 13.9 Å². The average molecular weight is 670 g/mol. The van der Waals surface area contributed by atoms with Gasteiger partial charge in [-0.1, -0.05) is 68.3 Å². The molecule has 2 fully saturated rings. The van der Waals surface area contributed by atoms with Crippen LogP contribution in [0.5, 0.6) is 0 Å². The molecule has 3 aliphatic rings. The first-order chi connectivity index (χ1) is 23.1. The molecule has 0 saturated carbocycles. The van der Waals surface area contributed by atoms with Crippen LogP contribution in [0.3, 0.4) is 0 Å². The average Bonchev–Trinajstić information content (AvgIpc) is 3.49. The maximum absolute atomic E-state index is 15.0. The van der Waals surface area contributed by atoms with Crippen LogP contribution in [0.2, 0.25) is 18.6 Å². The first-order valence-electron chi connectivity index (χ1n) is 17.2. The maximum Gasteiger partial charge on any atom is 0.268 e. The number of hydrogen-bond acceptors (Lipinski definition) is 6. The second-order valence-electron chi connectivity index (χ2n) is 14.0. The molecule has 48 heavy (non-hydrogen) atoms. The van der Waals surface area contributed by atoms with Crippen molar-refractivity contribution >= 4 is 43.1 Å². The Hall–Kier alpha value is -3.83. The molecule has 3 aromatic carbocycles. The van der Waals surface area contributed by atoms with Gasteiger partial charge in [-0.2, -0.15) is 0 Å². The van der Waals surface area contributed by atoms with Crippen molar-refractivity contribution in [3.8, 4) is 0 Å². The molecule has 1 spiro atoms. The van der Waals surface area contributed by atoms with Crippen LogP contribution in [0.1, 0.15) is 56.6 Å². The maximum atomic E-state index is 15.0. The Labute approximate surface area is 284 Å². The molecule has 2 saturated heterocycles. The van der Waals surface area contributed by atoms with Crippen molar-refractivity contribution in [1.29, 1.82) is 0 Å². The zero-order chi connectivity index (χ0) is 34.1. The number of benzene rings is 3. The van der Waals surface area contributed by atoms with Gasteiger partial charge in [-0.3, -0.25) is 19.3 Å². The summed E-state index contributed by atoms with van der Waals surface area (Å²) in [5.41, 5.74) is 1.77. The third-order valence-electron chi connectivity index (χ3n) is 10.3. The molecule has 9 nitrogen and oxygen atoms in total. The minimum atomic E-state index is -3.04. The fraction of sp³-hybridized carbons (Fsp3) is 0.447. The van der Waals surface area contributed by atoms with Gasteiger partial charge in [0, 0.05) is 54.5 Å². The molecular weight excluding hydrogens is 623 g/mol. The van der Waals surface area contributed by atoms with Crippen LogP contribution in [0.4, 0.5) is 17.1 Å². The molecule has 0 aliphatic carbocycles. The Morgan fingerprint density at radius 3 is 2.33 bits per heavy atom. The Kier molecular flexibility index (Phi) is 9.90. The zero-order valence-corrected chi connectivity index (χ0v) is 29.2. The molecular formula is C38H47N3O6Si. The summed E-state index contributed by atoms with van der Waals surface area (Å²) >= 11 is 0.